The van der Waals surface area contributed by atoms with Crippen molar-refractivity contribution in [3.8, 4) is 0 Å². The van der Waals surface area contributed by atoms with E-state index in [0.29, 0.717) is 13.1 Å². The fourth-order valence-electron chi connectivity index (χ4n) is 1.88. The highest BCUT2D eigenvalue weighted by Crippen LogP contribution is 2.11. The van der Waals surface area contributed by atoms with E-state index in [9.17, 15) is 9.59 Å². The van der Waals surface area contributed by atoms with Crippen LogP contribution in [0.4, 0.5) is 0 Å². The molecule has 1 heterocycles. The summed E-state index contributed by atoms with van der Waals surface area (Å²) in [7, 11) is 1.77. The molecule has 2 N–H and O–H groups in total. The van der Waals surface area contributed by atoms with Gasteiger partial charge in [-0.15, -0.1) is 0 Å². The monoisotopic (exact) mass is 241 g/mol. The molecule has 2 atom stereocenters. The van der Waals surface area contributed by atoms with Crippen LogP contribution in [0.1, 0.15) is 26.7 Å². The molecule has 1 rings (SSSR count). The molecule has 98 valence electrons. The van der Waals surface area contributed by atoms with E-state index in [-0.39, 0.29) is 24.3 Å². The number of hydrogen-bond acceptors (Lipinski definition) is 3. The van der Waals surface area contributed by atoms with Gasteiger partial charge in [0.25, 0.3) is 0 Å². The number of amides is 2. The van der Waals surface area contributed by atoms with Crippen molar-refractivity contribution in [3.05, 3.63) is 0 Å². The van der Waals surface area contributed by atoms with Gasteiger partial charge in [0.05, 0.1) is 12.6 Å². The van der Waals surface area contributed by atoms with E-state index in [0.717, 1.165) is 12.8 Å². The molecule has 1 fully saturated rings. The first-order valence-corrected chi connectivity index (χ1v) is 6.25. The van der Waals surface area contributed by atoms with Crippen molar-refractivity contribution >= 4 is 11.8 Å². The van der Waals surface area contributed by atoms with Crippen LogP contribution in [-0.2, 0) is 9.59 Å². The molecule has 0 saturated carbocycles. The van der Waals surface area contributed by atoms with Crippen LogP contribution in [-0.4, -0.2) is 54.3 Å². The van der Waals surface area contributed by atoms with Gasteiger partial charge in [-0.1, -0.05) is 20.3 Å². The Hall–Kier alpha value is -1.10. The van der Waals surface area contributed by atoms with Gasteiger partial charge < -0.3 is 15.5 Å². The van der Waals surface area contributed by atoms with Gasteiger partial charge in [-0.05, 0) is 12.3 Å². The zero-order valence-electron chi connectivity index (χ0n) is 11.0. The highest BCUT2D eigenvalue weighted by Gasteiger charge is 2.28. The highest BCUT2D eigenvalue weighted by molar-refractivity contribution is 5.87. The minimum atomic E-state index is -0.490. The summed E-state index contributed by atoms with van der Waals surface area (Å²) in [6.45, 7) is 5.48. The topological polar surface area (TPSA) is 66.6 Å². The van der Waals surface area contributed by atoms with Crippen molar-refractivity contribution in [2.45, 2.75) is 32.7 Å². The minimum absolute atomic E-state index is 0.00722. The smallest absolute Gasteiger partial charge is 0.241 e. The summed E-state index contributed by atoms with van der Waals surface area (Å²) in [6, 6.07) is -0.490. The van der Waals surface area contributed by atoms with Gasteiger partial charge in [-0.2, -0.15) is 0 Å². The van der Waals surface area contributed by atoms with Crippen LogP contribution in [0.3, 0.4) is 0 Å². The summed E-state index contributed by atoms with van der Waals surface area (Å²) in [5.74, 6) is 0.0498. The minimum Gasteiger partial charge on any atom is -0.344 e. The van der Waals surface area contributed by atoms with Crippen LogP contribution in [0, 0.1) is 5.92 Å². The van der Waals surface area contributed by atoms with Crippen LogP contribution in [0.2, 0.25) is 0 Å². The molecular formula is C12H23N3O2. The first kappa shape index (κ1) is 14.0. The van der Waals surface area contributed by atoms with E-state index in [2.05, 4.69) is 0 Å². The molecule has 2 amide bonds. The molecule has 5 nitrogen and oxygen atoms in total. The van der Waals surface area contributed by atoms with E-state index in [1.807, 2.05) is 13.8 Å². The summed E-state index contributed by atoms with van der Waals surface area (Å²) >= 11 is 0. The lowest BCUT2D eigenvalue weighted by atomic mass is 9.99. The van der Waals surface area contributed by atoms with Crippen LogP contribution < -0.4 is 5.73 Å². The number of carbonyl (C=O) groups is 2. The first-order chi connectivity index (χ1) is 7.97. The van der Waals surface area contributed by atoms with Gasteiger partial charge in [-0.25, -0.2) is 0 Å². The standard InChI is InChI=1S/C12H23N3O2/c1-4-9(2)11(13)12(17)15-7-5-6-14(3)10(16)8-15/h9,11H,4-8,13H2,1-3H3. The summed E-state index contributed by atoms with van der Waals surface area (Å²) in [6.07, 6.45) is 1.69. The Morgan fingerprint density at radius 2 is 2.12 bits per heavy atom. The Labute approximate surface area is 103 Å². The van der Waals surface area contributed by atoms with Gasteiger partial charge in [-0.3, -0.25) is 9.59 Å². The van der Waals surface area contributed by atoms with Crippen LogP contribution >= 0.6 is 0 Å². The lowest BCUT2D eigenvalue weighted by Crippen LogP contribution is -2.49. The number of likely N-dealkylation sites (N-methyl/N-ethyl adjacent to an activating group) is 1. The number of carbonyl (C=O) groups excluding carboxylic acids is 2. The molecule has 1 saturated heterocycles. The van der Waals surface area contributed by atoms with Crippen molar-refractivity contribution in [3.63, 3.8) is 0 Å². The highest BCUT2D eigenvalue weighted by atomic mass is 16.2. The average molecular weight is 241 g/mol. The third-order valence-electron chi connectivity index (χ3n) is 3.53. The van der Waals surface area contributed by atoms with Gasteiger partial charge >= 0.3 is 0 Å². The quantitative estimate of drug-likeness (QED) is 0.759. The maximum absolute atomic E-state index is 12.1. The summed E-state index contributed by atoms with van der Waals surface area (Å²) in [5.41, 5.74) is 5.92. The van der Waals surface area contributed by atoms with Gasteiger partial charge in [0.2, 0.25) is 11.8 Å². The summed E-state index contributed by atoms with van der Waals surface area (Å²) < 4.78 is 0. The first-order valence-electron chi connectivity index (χ1n) is 6.25. The van der Waals surface area contributed by atoms with Gasteiger partial charge in [0.15, 0.2) is 0 Å². The molecule has 1 aliphatic rings. The molecule has 5 heteroatoms. The molecule has 0 aromatic carbocycles. The van der Waals surface area contributed by atoms with Crippen LogP contribution in [0.25, 0.3) is 0 Å². The van der Waals surface area contributed by atoms with Gasteiger partial charge in [0.1, 0.15) is 0 Å². The second-order valence-corrected chi connectivity index (χ2v) is 4.84. The van der Waals surface area contributed by atoms with Crippen molar-refractivity contribution < 1.29 is 9.59 Å². The largest absolute Gasteiger partial charge is 0.344 e. The van der Waals surface area contributed by atoms with Crippen LogP contribution in [0.5, 0.6) is 0 Å². The molecule has 0 aromatic rings. The fourth-order valence-corrected chi connectivity index (χ4v) is 1.88. The zero-order chi connectivity index (χ0) is 13.0. The summed E-state index contributed by atoms with van der Waals surface area (Å²) in [4.78, 5) is 27.1. The number of nitrogens with two attached hydrogens (primary N) is 1. The normalized spacial score (nSPS) is 21.1. The third kappa shape index (κ3) is 3.43. The molecule has 17 heavy (non-hydrogen) atoms. The van der Waals surface area contributed by atoms with Crippen LogP contribution in [0.15, 0.2) is 0 Å². The lowest BCUT2D eigenvalue weighted by molar-refractivity contribution is -0.139. The maximum atomic E-state index is 12.1. The molecule has 0 aliphatic carbocycles. The summed E-state index contributed by atoms with van der Waals surface area (Å²) in [5, 5.41) is 0. The van der Waals surface area contributed by atoms with E-state index in [4.69, 9.17) is 5.73 Å². The average Bonchev–Trinajstić information content (AvgIpc) is 2.49. The van der Waals surface area contributed by atoms with E-state index in [1.165, 1.54) is 0 Å². The Kier molecular flexibility index (Phi) is 4.93. The number of hydrogen-bond donors (Lipinski definition) is 1. The number of rotatable bonds is 3. The van der Waals surface area contributed by atoms with Crippen molar-refractivity contribution in [1.29, 1.82) is 0 Å². The van der Waals surface area contributed by atoms with Gasteiger partial charge in [0, 0.05) is 20.1 Å². The molecule has 2 unspecified atom stereocenters. The Morgan fingerprint density at radius 1 is 1.47 bits per heavy atom. The van der Waals surface area contributed by atoms with Crippen molar-refractivity contribution in [2.75, 3.05) is 26.7 Å². The number of nitrogens with zero attached hydrogens (tertiary/aromatic N) is 2. The SMILES string of the molecule is CCC(C)C(N)C(=O)N1CCCN(C)C(=O)C1. The molecule has 1 aliphatic heterocycles. The lowest BCUT2D eigenvalue weighted by Gasteiger charge is -2.26. The van der Waals surface area contributed by atoms with E-state index < -0.39 is 6.04 Å². The molecule has 0 aromatic heterocycles. The van der Waals surface area contributed by atoms with E-state index in [1.54, 1.807) is 16.8 Å². The molecule has 0 bridgehead atoms. The molecule has 0 spiro atoms. The predicted octanol–water partition coefficient (Wildman–Crippen LogP) is 0.0505. The van der Waals surface area contributed by atoms with E-state index >= 15 is 0 Å². The van der Waals surface area contributed by atoms with Crippen molar-refractivity contribution in [1.82, 2.24) is 9.80 Å². The Bertz CT molecular complexity index is 293. The maximum Gasteiger partial charge on any atom is 0.241 e. The van der Waals surface area contributed by atoms with Crippen molar-refractivity contribution in [2.24, 2.45) is 11.7 Å². The Balaban J connectivity index is 2.65. The Morgan fingerprint density at radius 3 is 2.71 bits per heavy atom. The molecule has 0 radical (unpaired) electrons. The third-order valence-corrected chi connectivity index (χ3v) is 3.53. The fraction of sp³-hybridized carbons (Fsp3) is 0.833. The predicted molar refractivity (Wildman–Crippen MR) is 66.3 cm³/mol. The zero-order valence-corrected chi connectivity index (χ0v) is 11.0. The second kappa shape index (κ2) is 6.00. The second-order valence-electron chi connectivity index (χ2n) is 4.84. The molecular weight excluding hydrogens is 218 g/mol.